The lowest BCUT2D eigenvalue weighted by molar-refractivity contribution is -0.149. The van der Waals surface area contributed by atoms with Gasteiger partial charge < -0.3 is 20.1 Å². The molecule has 4 fully saturated rings. The number of hydrogen-bond acceptors (Lipinski definition) is 4. The summed E-state index contributed by atoms with van der Waals surface area (Å²) < 4.78 is 11.7. The number of rotatable bonds is 6. The van der Waals surface area contributed by atoms with Crippen molar-refractivity contribution < 1.29 is 19.1 Å². The van der Waals surface area contributed by atoms with Crippen LogP contribution in [0.15, 0.2) is 24.3 Å². The van der Waals surface area contributed by atoms with E-state index in [9.17, 15) is 9.59 Å². The van der Waals surface area contributed by atoms with E-state index in [0.29, 0.717) is 36.7 Å². The largest absolute Gasteiger partial charge is 0.486 e. The van der Waals surface area contributed by atoms with E-state index in [1.165, 1.54) is 19.3 Å². The molecule has 0 spiro atoms. The van der Waals surface area contributed by atoms with Gasteiger partial charge in [0.25, 0.3) is 0 Å². The Morgan fingerprint density at radius 2 is 1.65 bits per heavy atom. The van der Waals surface area contributed by atoms with Crippen LogP contribution < -0.4 is 20.1 Å². The third kappa shape index (κ3) is 4.01. The monoisotopic (exact) mass is 426 g/mol. The van der Waals surface area contributed by atoms with Crippen LogP contribution in [0, 0.1) is 29.1 Å². The first-order chi connectivity index (χ1) is 14.9. The van der Waals surface area contributed by atoms with Gasteiger partial charge >= 0.3 is 0 Å². The van der Waals surface area contributed by atoms with Gasteiger partial charge in [-0.2, -0.15) is 0 Å². The molecule has 0 radical (unpaired) electrons. The molecule has 6 nitrogen and oxygen atoms in total. The average molecular weight is 427 g/mol. The molecule has 1 aromatic rings. The molecular formula is C25H34N2O4. The van der Waals surface area contributed by atoms with E-state index in [1.54, 1.807) is 0 Å². The second-order valence-electron chi connectivity index (χ2n) is 10.6. The minimum atomic E-state index is -0.530. The van der Waals surface area contributed by atoms with Crippen molar-refractivity contribution in [1.29, 1.82) is 0 Å². The summed E-state index contributed by atoms with van der Waals surface area (Å²) in [6, 6.07) is 7.02. The molecule has 168 valence electrons. The fourth-order valence-electron chi connectivity index (χ4n) is 6.71. The van der Waals surface area contributed by atoms with Crippen LogP contribution in [-0.2, 0) is 9.59 Å². The molecule has 6 heteroatoms. The van der Waals surface area contributed by atoms with Gasteiger partial charge in [-0.25, -0.2) is 0 Å². The lowest BCUT2D eigenvalue weighted by atomic mass is 9.49. The zero-order valence-corrected chi connectivity index (χ0v) is 18.6. The Bertz CT molecular complexity index is 816. The van der Waals surface area contributed by atoms with E-state index in [-0.39, 0.29) is 29.3 Å². The standard InChI is InChI=1S/C25H34N2O4/c1-15(2)22(23(28)26-13-19-14-30-20-5-3-4-6-21(20)31-19)27-24(29)25-10-16-7-17(11-25)9-18(8-16)12-25/h3-6,15-19,22H,7-14H2,1-2H3,(H,26,28)(H,27,29). The predicted octanol–water partition coefficient (Wildman–Crippen LogP) is 3.30. The van der Waals surface area contributed by atoms with E-state index in [0.717, 1.165) is 25.0 Å². The summed E-state index contributed by atoms with van der Waals surface area (Å²) in [6.45, 7) is 4.72. The molecule has 0 saturated heterocycles. The van der Waals surface area contributed by atoms with Crippen LogP contribution in [0.25, 0.3) is 0 Å². The highest BCUT2D eigenvalue weighted by molar-refractivity contribution is 5.90. The van der Waals surface area contributed by atoms with Gasteiger partial charge in [-0.15, -0.1) is 0 Å². The Morgan fingerprint density at radius 3 is 2.26 bits per heavy atom. The maximum Gasteiger partial charge on any atom is 0.242 e. The van der Waals surface area contributed by atoms with Crippen molar-refractivity contribution in [3.8, 4) is 11.5 Å². The van der Waals surface area contributed by atoms with E-state index in [1.807, 2.05) is 38.1 Å². The first-order valence-corrected chi connectivity index (χ1v) is 11.9. The molecule has 1 heterocycles. The maximum absolute atomic E-state index is 13.4. The lowest BCUT2D eigenvalue weighted by Gasteiger charge is -2.55. The SMILES string of the molecule is CC(C)C(NC(=O)C12CC3CC(CC(C3)C1)C2)C(=O)NCC1COc2ccccc2O1. The second kappa shape index (κ2) is 8.03. The Balaban J connectivity index is 1.19. The van der Waals surface area contributed by atoms with Gasteiger partial charge in [0.1, 0.15) is 18.8 Å². The maximum atomic E-state index is 13.4. The number of benzene rings is 1. The van der Waals surface area contributed by atoms with Crippen molar-refractivity contribution in [2.75, 3.05) is 13.2 Å². The topological polar surface area (TPSA) is 76.7 Å². The summed E-state index contributed by atoms with van der Waals surface area (Å²) >= 11 is 0. The number of fused-ring (bicyclic) bond motifs is 1. The first-order valence-electron chi connectivity index (χ1n) is 11.9. The molecule has 0 aromatic heterocycles. The molecule has 1 aliphatic heterocycles. The number of para-hydroxylation sites is 2. The summed E-state index contributed by atoms with van der Waals surface area (Å²) in [7, 11) is 0. The summed E-state index contributed by atoms with van der Waals surface area (Å²) in [6.07, 6.45) is 6.66. The van der Waals surface area contributed by atoms with E-state index in [2.05, 4.69) is 10.6 Å². The second-order valence-corrected chi connectivity index (χ2v) is 10.6. The highest BCUT2D eigenvalue weighted by Crippen LogP contribution is 2.60. The van der Waals surface area contributed by atoms with E-state index < -0.39 is 6.04 Å². The number of carbonyl (C=O) groups is 2. The third-order valence-electron chi connectivity index (χ3n) is 7.83. The van der Waals surface area contributed by atoms with Crippen LogP contribution >= 0.6 is 0 Å². The molecule has 4 aliphatic carbocycles. The molecule has 2 atom stereocenters. The molecule has 2 unspecified atom stereocenters. The first kappa shape index (κ1) is 20.7. The summed E-state index contributed by atoms with van der Waals surface area (Å²) in [5.41, 5.74) is -0.244. The summed E-state index contributed by atoms with van der Waals surface area (Å²) in [4.78, 5) is 26.4. The molecule has 31 heavy (non-hydrogen) atoms. The number of carbonyl (C=O) groups excluding carboxylic acids is 2. The molecule has 1 aromatic carbocycles. The Kier molecular flexibility index (Phi) is 5.35. The zero-order valence-electron chi connectivity index (χ0n) is 18.6. The quantitative estimate of drug-likeness (QED) is 0.732. The normalized spacial score (nSPS) is 33.8. The van der Waals surface area contributed by atoms with E-state index >= 15 is 0 Å². The van der Waals surface area contributed by atoms with Gasteiger partial charge in [0.15, 0.2) is 11.5 Å². The molecule has 4 bridgehead atoms. The lowest BCUT2D eigenvalue weighted by Crippen LogP contribution is -2.59. The minimum absolute atomic E-state index is 0.0158. The van der Waals surface area contributed by atoms with Crippen LogP contribution in [-0.4, -0.2) is 37.1 Å². The fourth-order valence-corrected chi connectivity index (χ4v) is 6.71. The Hall–Kier alpha value is -2.24. The van der Waals surface area contributed by atoms with Crippen molar-refractivity contribution in [2.24, 2.45) is 29.1 Å². The van der Waals surface area contributed by atoms with Crippen molar-refractivity contribution in [3.63, 3.8) is 0 Å². The molecule has 6 rings (SSSR count). The van der Waals surface area contributed by atoms with Gasteiger partial charge in [-0.1, -0.05) is 26.0 Å². The van der Waals surface area contributed by atoms with Crippen LogP contribution in [0.3, 0.4) is 0 Å². The van der Waals surface area contributed by atoms with E-state index in [4.69, 9.17) is 9.47 Å². The molecule has 2 amide bonds. The number of nitrogens with one attached hydrogen (secondary N) is 2. The van der Waals surface area contributed by atoms with Crippen molar-refractivity contribution in [1.82, 2.24) is 10.6 Å². The van der Waals surface area contributed by atoms with Crippen LogP contribution in [0.4, 0.5) is 0 Å². The van der Waals surface area contributed by atoms with Gasteiger partial charge in [-0.05, 0) is 74.3 Å². The predicted molar refractivity (Wildman–Crippen MR) is 117 cm³/mol. The van der Waals surface area contributed by atoms with Crippen LogP contribution in [0.5, 0.6) is 11.5 Å². The van der Waals surface area contributed by atoms with Gasteiger partial charge in [0.2, 0.25) is 11.8 Å². The van der Waals surface area contributed by atoms with Crippen LogP contribution in [0.1, 0.15) is 52.4 Å². The van der Waals surface area contributed by atoms with Crippen LogP contribution in [0.2, 0.25) is 0 Å². The fraction of sp³-hybridized carbons (Fsp3) is 0.680. The number of ether oxygens (including phenoxy) is 2. The smallest absolute Gasteiger partial charge is 0.242 e. The zero-order chi connectivity index (χ0) is 21.6. The average Bonchev–Trinajstić information content (AvgIpc) is 2.74. The highest BCUT2D eigenvalue weighted by atomic mass is 16.6. The molecular weight excluding hydrogens is 392 g/mol. The summed E-state index contributed by atoms with van der Waals surface area (Å²) in [5.74, 6) is 3.51. The Labute approximate surface area is 184 Å². The molecule has 5 aliphatic rings. The molecule has 4 saturated carbocycles. The van der Waals surface area contributed by atoms with Crippen molar-refractivity contribution in [2.45, 2.75) is 64.5 Å². The minimum Gasteiger partial charge on any atom is -0.486 e. The van der Waals surface area contributed by atoms with Gasteiger partial charge in [0.05, 0.1) is 6.54 Å². The van der Waals surface area contributed by atoms with Crippen molar-refractivity contribution >= 4 is 11.8 Å². The van der Waals surface area contributed by atoms with Gasteiger partial charge in [0, 0.05) is 5.41 Å². The molecule has 2 N–H and O–H groups in total. The van der Waals surface area contributed by atoms with Crippen molar-refractivity contribution in [3.05, 3.63) is 24.3 Å². The Morgan fingerprint density at radius 1 is 1.03 bits per heavy atom. The number of hydrogen-bond donors (Lipinski definition) is 2. The number of amides is 2. The highest BCUT2D eigenvalue weighted by Gasteiger charge is 2.55. The van der Waals surface area contributed by atoms with Gasteiger partial charge in [-0.3, -0.25) is 9.59 Å². The summed E-state index contributed by atoms with van der Waals surface area (Å²) in [5, 5.41) is 6.14. The third-order valence-corrected chi connectivity index (χ3v) is 7.83.